The van der Waals surface area contributed by atoms with Crippen LogP contribution in [0.1, 0.15) is 24.0 Å². The first kappa shape index (κ1) is 24.1. The average Bonchev–Trinajstić information content (AvgIpc) is 3.14. The second-order valence-electron chi connectivity index (χ2n) is 8.64. The maximum Gasteiger partial charge on any atom is 0.267 e. The summed E-state index contributed by atoms with van der Waals surface area (Å²) in [5.74, 6) is -0.774. The van der Waals surface area contributed by atoms with Crippen LogP contribution in [0.5, 0.6) is 0 Å². The highest BCUT2D eigenvalue weighted by molar-refractivity contribution is 8.26. The highest BCUT2D eigenvalue weighted by Crippen LogP contribution is 2.35. The fourth-order valence-corrected chi connectivity index (χ4v) is 5.61. The Morgan fingerprint density at radius 1 is 1.17 bits per heavy atom. The summed E-state index contributed by atoms with van der Waals surface area (Å²) in [7, 11) is 0. The molecule has 2 amide bonds. The highest BCUT2D eigenvalue weighted by atomic mass is 32.2. The van der Waals surface area contributed by atoms with Crippen LogP contribution >= 0.6 is 24.0 Å². The fourth-order valence-electron chi connectivity index (χ4n) is 4.37. The van der Waals surface area contributed by atoms with Gasteiger partial charge in [0.1, 0.15) is 21.6 Å². The molecular formula is C25H22FN5O3S2. The van der Waals surface area contributed by atoms with Crippen molar-refractivity contribution in [3.05, 3.63) is 80.9 Å². The van der Waals surface area contributed by atoms with Crippen LogP contribution in [0.3, 0.4) is 0 Å². The minimum absolute atomic E-state index is 0.199. The predicted octanol–water partition coefficient (Wildman–Crippen LogP) is 2.94. The Kier molecular flexibility index (Phi) is 6.59. The topological polar surface area (TPSA) is 101 Å². The third kappa shape index (κ3) is 4.63. The Morgan fingerprint density at radius 2 is 1.89 bits per heavy atom. The molecule has 0 atom stereocenters. The number of carbonyl (C=O) groups excluding carboxylic acids is 2. The zero-order valence-electron chi connectivity index (χ0n) is 19.1. The standard InChI is InChI=1S/C25H22FN5O3S2/c26-17-6-4-15(5-7-17)14-31-24(34)19(36-25(31)35)13-18-22(29-11-8-16(9-12-29)21(27)32)28-20-3-1-2-10-30(20)23(18)33/h1-7,10,13,16H,8-9,11-12,14H2,(H2,27,32). The van der Waals surface area contributed by atoms with E-state index in [1.54, 1.807) is 42.6 Å². The van der Waals surface area contributed by atoms with Crippen molar-refractivity contribution in [3.8, 4) is 0 Å². The summed E-state index contributed by atoms with van der Waals surface area (Å²) in [5, 5.41) is 0. The quantitative estimate of drug-likeness (QED) is 0.405. The first-order valence-electron chi connectivity index (χ1n) is 11.4. The molecule has 2 aliphatic heterocycles. The molecule has 0 saturated carbocycles. The molecule has 2 saturated heterocycles. The maximum atomic E-state index is 13.5. The van der Waals surface area contributed by atoms with Crippen molar-refractivity contribution in [2.24, 2.45) is 11.7 Å². The molecule has 4 heterocycles. The van der Waals surface area contributed by atoms with E-state index in [9.17, 15) is 18.8 Å². The number of thioether (sulfide) groups is 1. The highest BCUT2D eigenvalue weighted by Gasteiger charge is 2.33. The smallest absolute Gasteiger partial charge is 0.267 e. The summed E-state index contributed by atoms with van der Waals surface area (Å²) in [6.45, 7) is 1.22. The monoisotopic (exact) mass is 523 g/mol. The minimum Gasteiger partial charge on any atom is -0.369 e. The van der Waals surface area contributed by atoms with Crippen molar-refractivity contribution < 1.29 is 14.0 Å². The number of rotatable bonds is 5. The van der Waals surface area contributed by atoms with Gasteiger partial charge in [0.25, 0.3) is 11.5 Å². The normalized spacial score (nSPS) is 18.0. The SMILES string of the molecule is NC(=O)C1CCN(c2nc3ccccn3c(=O)c2C=C2SC(=S)N(Cc3ccc(F)cc3)C2=O)CC1. The molecule has 5 rings (SSSR count). The van der Waals surface area contributed by atoms with Crippen LogP contribution < -0.4 is 16.2 Å². The first-order chi connectivity index (χ1) is 17.3. The Labute approximate surface area is 215 Å². The molecule has 2 N–H and O–H groups in total. The summed E-state index contributed by atoms with van der Waals surface area (Å²) in [4.78, 5) is 46.8. The molecule has 8 nitrogen and oxygen atoms in total. The summed E-state index contributed by atoms with van der Waals surface area (Å²) < 4.78 is 15.1. The van der Waals surface area contributed by atoms with Gasteiger partial charge < -0.3 is 10.6 Å². The van der Waals surface area contributed by atoms with E-state index < -0.39 is 0 Å². The number of nitrogens with zero attached hydrogens (tertiary/aromatic N) is 4. The fraction of sp³-hybridized carbons (Fsp3) is 0.240. The van der Waals surface area contributed by atoms with E-state index in [-0.39, 0.29) is 41.2 Å². The van der Waals surface area contributed by atoms with Crippen LogP contribution in [0, 0.1) is 11.7 Å². The number of nitrogens with two attached hydrogens (primary N) is 1. The lowest BCUT2D eigenvalue weighted by molar-refractivity contribution is -0.123. The van der Waals surface area contributed by atoms with E-state index in [1.807, 2.05) is 4.90 Å². The molecule has 2 fully saturated rings. The number of amides is 2. The Bertz CT molecular complexity index is 1460. The van der Waals surface area contributed by atoms with Crippen LogP contribution in [0.25, 0.3) is 11.7 Å². The van der Waals surface area contributed by atoms with E-state index >= 15 is 0 Å². The molecule has 1 aromatic carbocycles. The second kappa shape index (κ2) is 9.82. The molecule has 0 spiro atoms. The molecule has 2 aromatic heterocycles. The van der Waals surface area contributed by atoms with Crippen molar-refractivity contribution in [3.63, 3.8) is 0 Å². The van der Waals surface area contributed by atoms with E-state index in [0.29, 0.717) is 46.6 Å². The number of primary amides is 1. The average molecular weight is 524 g/mol. The van der Waals surface area contributed by atoms with Gasteiger partial charge in [0.15, 0.2) is 0 Å². The lowest BCUT2D eigenvalue weighted by atomic mass is 9.96. The Morgan fingerprint density at radius 3 is 2.58 bits per heavy atom. The van der Waals surface area contributed by atoms with Crippen LogP contribution in [0.4, 0.5) is 10.2 Å². The largest absolute Gasteiger partial charge is 0.369 e. The van der Waals surface area contributed by atoms with Gasteiger partial charge in [-0.25, -0.2) is 9.37 Å². The van der Waals surface area contributed by atoms with E-state index in [4.69, 9.17) is 22.9 Å². The lowest BCUT2D eigenvalue weighted by Crippen LogP contribution is -2.40. The van der Waals surface area contributed by atoms with Gasteiger partial charge in [-0.3, -0.25) is 23.7 Å². The maximum absolute atomic E-state index is 13.5. The van der Waals surface area contributed by atoms with Gasteiger partial charge in [-0.1, -0.05) is 42.2 Å². The van der Waals surface area contributed by atoms with Gasteiger partial charge in [-0.2, -0.15) is 0 Å². The van der Waals surface area contributed by atoms with Gasteiger partial charge in [-0.05, 0) is 48.7 Å². The van der Waals surface area contributed by atoms with E-state index in [1.165, 1.54) is 21.4 Å². The van der Waals surface area contributed by atoms with E-state index in [0.717, 1.165) is 17.3 Å². The Hall–Kier alpha value is -3.57. The van der Waals surface area contributed by atoms with Crippen LogP contribution in [0.15, 0.2) is 58.4 Å². The number of carbonyl (C=O) groups is 2. The number of hydrogen-bond acceptors (Lipinski definition) is 7. The third-order valence-corrected chi connectivity index (χ3v) is 7.73. The van der Waals surface area contributed by atoms with Crippen molar-refractivity contribution in [2.75, 3.05) is 18.0 Å². The molecule has 3 aromatic rings. The molecule has 0 aliphatic carbocycles. The van der Waals surface area contributed by atoms with Gasteiger partial charge in [0.05, 0.1) is 17.0 Å². The lowest BCUT2D eigenvalue weighted by Gasteiger charge is -2.32. The van der Waals surface area contributed by atoms with Gasteiger partial charge in [0.2, 0.25) is 5.91 Å². The number of halogens is 1. The number of pyridine rings is 1. The number of anilines is 1. The van der Waals surface area contributed by atoms with Crippen molar-refractivity contribution in [2.45, 2.75) is 19.4 Å². The molecule has 0 bridgehead atoms. The molecule has 2 aliphatic rings. The summed E-state index contributed by atoms with van der Waals surface area (Å²) in [6, 6.07) is 11.1. The summed E-state index contributed by atoms with van der Waals surface area (Å²) in [5.41, 5.74) is 6.67. The van der Waals surface area contributed by atoms with Crippen LogP contribution in [0.2, 0.25) is 0 Å². The number of benzene rings is 1. The van der Waals surface area contributed by atoms with Crippen molar-refractivity contribution in [1.29, 1.82) is 0 Å². The summed E-state index contributed by atoms with van der Waals surface area (Å²) >= 11 is 6.55. The molecule has 0 unspecified atom stereocenters. The molecule has 11 heteroatoms. The summed E-state index contributed by atoms with van der Waals surface area (Å²) in [6.07, 6.45) is 4.30. The Balaban J connectivity index is 1.51. The number of piperidine rings is 1. The minimum atomic E-state index is -0.360. The van der Waals surface area contributed by atoms with Crippen LogP contribution in [-0.2, 0) is 16.1 Å². The van der Waals surface area contributed by atoms with Gasteiger partial charge in [-0.15, -0.1) is 0 Å². The van der Waals surface area contributed by atoms with Crippen molar-refractivity contribution in [1.82, 2.24) is 14.3 Å². The number of hydrogen-bond donors (Lipinski definition) is 1. The van der Waals surface area contributed by atoms with Crippen molar-refractivity contribution >= 4 is 57.7 Å². The number of aromatic nitrogens is 2. The van der Waals surface area contributed by atoms with Gasteiger partial charge in [0, 0.05) is 25.2 Å². The first-order valence-corrected chi connectivity index (χ1v) is 12.6. The molecular weight excluding hydrogens is 501 g/mol. The van der Waals surface area contributed by atoms with Crippen LogP contribution in [-0.4, -0.2) is 43.5 Å². The number of thiocarbonyl (C=S) groups is 1. The zero-order valence-corrected chi connectivity index (χ0v) is 20.7. The van der Waals surface area contributed by atoms with Gasteiger partial charge >= 0.3 is 0 Å². The second-order valence-corrected chi connectivity index (χ2v) is 10.3. The predicted molar refractivity (Wildman–Crippen MR) is 141 cm³/mol. The molecule has 184 valence electrons. The zero-order chi connectivity index (χ0) is 25.4. The third-order valence-electron chi connectivity index (χ3n) is 6.35. The number of fused-ring (bicyclic) bond motifs is 1. The van der Waals surface area contributed by atoms with E-state index in [2.05, 4.69) is 0 Å². The molecule has 36 heavy (non-hydrogen) atoms. The molecule has 0 radical (unpaired) electrons.